The molecule has 1 aromatic heterocycles. The molecule has 0 aliphatic carbocycles. The van der Waals surface area contributed by atoms with Gasteiger partial charge in [0.2, 0.25) is 0 Å². The van der Waals surface area contributed by atoms with Gasteiger partial charge in [0.1, 0.15) is 6.04 Å². The Kier molecular flexibility index (Phi) is 4.15. The van der Waals surface area contributed by atoms with Crippen LogP contribution in [0.2, 0.25) is 0 Å². The summed E-state index contributed by atoms with van der Waals surface area (Å²) in [6.45, 7) is 1.53. The fourth-order valence-electron chi connectivity index (χ4n) is 2.25. The van der Waals surface area contributed by atoms with Crippen LogP contribution >= 0.6 is 11.3 Å². The number of hydrogen-bond donors (Lipinski definition) is 1. The second kappa shape index (κ2) is 5.62. The number of aliphatic hydroxyl groups is 1. The maximum absolute atomic E-state index is 11.7. The summed E-state index contributed by atoms with van der Waals surface area (Å²) >= 11 is 1.66. The highest BCUT2D eigenvalue weighted by molar-refractivity contribution is 7.09. The SMILES string of the molecule is COC(=O)C1C(O)CCCN1Cc1cccs1. The lowest BCUT2D eigenvalue weighted by molar-refractivity contribution is -0.154. The normalized spacial score (nSPS) is 25.8. The van der Waals surface area contributed by atoms with E-state index in [1.54, 1.807) is 11.3 Å². The van der Waals surface area contributed by atoms with Gasteiger partial charge in [-0.05, 0) is 30.8 Å². The molecular formula is C12H17NO3S. The maximum atomic E-state index is 11.7. The van der Waals surface area contributed by atoms with Gasteiger partial charge in [-0.15, -0.1) is 11.3 Å². The lowest BCUT2D eigenvalue weighted by Crippen LogP contribution is -2.52. The third-order valence-electron chi connectivity index (χ3n) is 3.08. The Bertz CT molecular complexity index is 366. The molecule has 94 valence electrons. The number of rotatable bonds is 3. The van der Waals surface area contributed by atoms with Crippen molar-refractivity contribution in [1.29, 1.82) is 0 Å². The average Bonchev–Trinajstić information content (AvgIpc) is 2.81. The van der Waals surface area contributed by atoms with E-state index >= 15 is 0 Å². The number of carbonyl (C=O) groups is 1. The molecule has 0 amide bonds. The van der Waals surface area contributed by atoms with E-state index in [0.717, 1.165) is 13.0 Å². The first-order valence-electron chi connectivity index (χ1n) is 5.74. The standard InChI is InChI=1S/C12H17NO3S/c1-16-12(15)11-10(14)5-2-6-13(11)8-9-4-3-7-17-9/h3-4,7,10-11,14H,2,5-6,8H2,1H3. The van der Waals surface area contributed by atoms with Crippen molar-refractivity contribution < 1.29 is 14.6 Å². The van der Waals surface area contributed by atoms with E-state index in [4.69, 9.17) is 4.74 Å². The molecule has 0 bridgehead atoms. The largest absolute Gasteiger partial charge is 0.468 e. The third kappa shape index (κ3) is 2.86. The van der Waals surface area contributed by atoms with Crippen LogP contribution in [0.25, 0.3) is 0 Å². The number of nitrogens with zero attached hydrogens (tertiary/aromatic N) is 1. The van der Waals surface area contributed by atoms with Gasteiger partial charge in [-0.2, -0.15) is 0 Å². The lowest BCUT2D eigenvalue weighted by atomic mass is 9.99. The molecule has 1 aromatic rings. The van der Waals surface area contributed by atoms with Gasteiger partial charge in [-0.25, -0.2) is 0 Å². The number of methoxy groups -OCH3 is 1. The molecule has 4 nitrogen and oxygen atoms in total. The van der Waals surface area contributed by atoms with Gasteiger partial charge in [0.15, 0.2) is 0 Å². The molecule has 0 saturated carbocycles. The Labute approximate surface area is 105 Å². The molecule has 0 aromatic carbocycles. The van der Waals surface area contributed by atoms with Gasteiger partial charge in [0, 0.05) is 11.4 Å². The summed E-state index contributed by atoms with van der Waals surface area (Å²) in [5.41, 5.74) is 0. The number of piperidine rings is 1. The Balaban J connectivity index is 2.09. The first kappa shape index (κ1) is 12.5. The molecule has 2 unspecified atom stereocenters. The summed E-state index contributed by atoms with van der Waals surface area (Å²) in [7, 11) is 1.37. The van der Waals surface area contributed by atoms with Crippen molar-refractivity contribution in [3.8, 4) is 0 Å². The highest BCUT2D eigenvalue weighted by Gasteiger charge is 2.36. The molecule has 0 spiro atoms. The van der Waals surface area contributed by atoms with Crippen molar-refractivity contribution in [2.75, 3.05) is 13.7 Å². The van der Waals surface area contributed by atoms with Crippen molar-refractivity contribution in [2.24, 2.45) is 0 Å². The monoisotopic (exact) mass is 255 g/mol. The summed E-state index contributed by atoms with van der Waals surface area (Å²) in [5.74, 6) is -0.339. The minimum Gasteiger partial charge on any atom is -0.468 e. The molecule has 0 radical (unpaired) electrons. The summed E-state index contributed by atoms with van der Waals surface area (Å²) in [6, 6.07) is 3.52. The summed E-state index contributed by atoms with van der Waals surface area (Å²) in [5, 5.41) is 11.9. The van der Waals surface area contributed by atoms with Gasteiger partial charge in [0.25, 0.3) is 0 Å². The van der Waals surface area contributed by atoms with Crippen LogP contribution in [0.3, 0.4) is 0 Å². The first-order valence-corrected chi connectivity index (χ1v) is 6.62. The van der Waals surface area contributed by atoms with Crippen molar-refractivity contribution in [1.82, 2.24) is 4.90 Å². The number of carbonyl (C=O) groups excluding carboxylic acids is 1. The maximum Gasteiger partial charge on any atom is 0.325 e. The Morgan fingerprint density at radius 2 is 2.53 bits per heavy atom. The molecular weight excluding hydrogens is 238 g/mol. The fraction of sp³-hybridized carbons (Fsp3) is 0.583. The van der Waals surface area contributed by atoms with Crippen molar-refractivity contribution in [2.45, 2.75) is 31.5 Å². The Morgan fingerprint density at radius 3 is 3.18 bits per heavy atom. The van der Waals surface area contributed by atoms with E-state index in [0.29, 0.717) is 13.0 Å². The van der Waals surface area contributed by atoms with Crippen LogP contribution in [0.4, 0.5) is 0 Å². The van der Waals surface area contributed by atoms with E-state index in [1.165, 1.54) is 12.0 Å². The molecule has 1 fully saturated rings. The van der Waals surface area contributed by atoms with Gasteiger partial charge in [-0.1, -0.05) is 6.07 Å². The van der Waals surface area contributed by atoms with E-state index < -0.39 is 12.1 Å². The number of ether oxygens (including phenoxy) is 1. The third-order valence-corrected chi connectivity index (χ3v) is 3.95. The highest BCUT2D eigenvalue weighted by Crippen LogP contribution is 2.22. The second-order valence-corrected chi connectivity index (χ2v) is 5.26. The zero-order chi connectivity index (χ0) is 12.3. The molecule has 1 N–H and O–H groups in total. The van der Waals surface area contributed by atoms with Gasteiger partial charge in [-0.3, -0.25) is 9.69 Å². The first-order chi connectivity index (χ1) is 8.22. The van der Waals surface area contributed by atoms with Crippen molar-refractivity contribution in [3.05, 3.63) is 22.4 Å². The molecule has 1 saturated heterocycles. The van der Waals surface area contributed by atoms with Crippen LogP contribution in [0.15, 0.2) is 17.5 Å². The summed E-state index contributed by atoms with van der Waals surface area (Å²) < 4.78 is 4.77. The lowest BCUT2D eigenvalue weighted by Gasteiger charge is -2.36. The molecule has 1 aliphatic heterocycles. The predicted molar refractivity (Wildman–Crippen MR) is 65.8 cm³/mol. The summed E-state index contributed by atoms with van der Waals surface area (Å²) in [6.07, 6.45) is 0.969. The average molecular weight is 255 g/mol. The number of aliphatic hydroxyl groups excluding tert-OH is 1. The van der Waals surface area contributed by atoms with Gasteiger partial charge in [0.05, 0.1) is 13.2 Å². The quantitative estimate of drug-likeness (QED) is 0.826. The van der Waals surface area contributed by atoms with Crippen molar-refractivity contribution >= 4 is 17.3 Å². The van der Waals surface area contributed by atoms with Crippen LogP contribution < -0.4 is 0 Å². The van der Waals surface area contributed by atoms with Crippen molar-refractivity contribution in [3.63, 3.8) is 0 Å². The number of hydrogen-bond acceptors (Lipinski definition) is 5. The van der Waals surface area contributed by atoms with E-state index in [2.05, 4.69) is 0 Å². The molecule has 5 heteroatoms. The minimum atomic E-state index is -0.615. The van der Waals surface area contributed by atoms with E-state index in [-0.39, 0.29) is 5.97 Å². The highest BCUT2D eigenvalue weighted by atomic mass is 32.1. The van der Waals surface area contributed by atoms with E-state index in [9.17, 15) is 9.90 Å². The Hall–Kier alpha value is -0.910. The van der Waals surface area contributed by atoms with Crippen LogP contribution in [0, 0.1) is 0 Å². The molecule has 2 atom stereocenters. The topological polar surface area (TPSA) is 49.8 Å². The molecule has 17 heavy (non-hydrogen) atoms. The van der Waals surface area contributed by atoms with Gasteiger partial charge < -0.3 is 9.84 Å². The number of likely N-dealkylation sites (tertiary alicyclic amines) is 1. The van der Waals surface area contributed by atoms with Crippen LogP contribution in [-0.4, -0.2) is 41.8 Å². The van der Waals surface area contributed by atoms with Gasteiger partial charge >= 0.3 is 5.97 Å². The zero-order valence-corrected chi connectivity index (χ0v) is 10.7. The molecule has 2 heterocycles. The minimum absolute atomic E-state index is 0.339. The predicted octanol–water partition coefficient (Wildman–Crippen LogP) is 1.25. The smallest absolute Gasteiger partial charge is 0.325 e. The van der Waals surface area contributed by atoms with Crippen LogP contribution in [0.5, 0.6) is 0 Å². The molecule has 2 rings (SSSR count). The van der Waals surface area contributed by atoms with Crippen LogP contribution in [0.1, 0.15) is 17.7 Å². The fourth-order valence-corrected chi connectivity index (χ4v) is 2.98. The Morgan fingerprint density at radius 1 is 1.71 bits per heavy atom. The molecule has 1 aliphatic rings. The summed E-state index contributed by atoms with van der Waals surface area (Å²) in [4.78, 5) is 14.9. The second-order valence-electron chi connectivity index (χ2n) is 4.23. The van der Waals surface area contributed by atoms with Crippen LogP contribution in [-0.2, 0) is 16.1 Å². The zero-order valence-electron chi connectivity index (χ0n) is 9.83. The number of esters is 1. The van der Waals surface area contributed by atoms with E-state index in [1.807, 2.05) is 22.4 Å². The number of thiophene rings is 1.